The third-order valence-electron chi connectivity index (χ3n) is 6.80. The van der Waals surface area contributed by atoms with Gasteiger partial charge in [0.05, 0.1) is 38.6 Å². The lowest BCUT2D eigenvalue weighted by atomic mass is 10.2. The second kappa shape index (κ2) is 7.20. The molecule has 0 atom stereocenters. The Morgan fingerprint density at radius 2 is 1.31 bits per heavy atom. The molecule has 0 N–H and O–H groups in total. The van der Waals surface area contributed by atoms with Crippen LogP contribution in [0, 0.1) is 0 Å². The number of aromatic nitrogens is 6. The van der Waals surface area contributed by atoms with E-state index in [1.165, 1.54) is 0 Å². The molecule has 0 aliphatic heterocycles. The van der Waals surface area contributed by atoms with E-state index in [1.807, 2.05) is 42.6 Å². The number of hydrogen-bond donors (Lipinski definition) is 0. The molecule has 6 aromatic heterocycles. The van der Waals surface area contributed by atoms with Crippen LogP contribution in [0.1, 0.15) is 0 Å². The first-order valence-corrected chi connectivity index (χ1v) is 11.8. The fourth-order valence-electron chi connectivity index (χ4n) is 5.26. The van der Waals surface area contributed by atoms with Crippen LogP contribution in [0.2, 0.25) is 0 Å². The first-order valence-electron chi connectivity index (χ1n) is 11.8. The highest BCUT2D eigenvalue weighted by atomic mass is 15.1. The molecule has 6 heterocycles. The second-order valence-electron chi connectivity index (χ2n) is 8.83. The van der Waals surface area contributed by atoms with Crippen LogP contribution in [0.25, 0.3) is 66.5 Å². The number of para-hydroxylation sites is 2. The Kier molecular flexibility index (Phi) is 3.85. The zero-order valence-corrected chi connectivity index (χ0v) is 19.1. The van der Waals surface area contributed by atoms with Crippen LogP contribution in [0.15, 0.2) is 109 Å². The Bertz CT molecular complexity index is 2100. The van der Waals surface area contributed by atoms with E-state index < -0.39 is 0 Å². The highest BCUT2D eigenvalue weighted by Crippen LogP contribution is 2.36. The Morgan fingerprint density at radius 3 is 2.25 bits per heavy atom. The van der Waals surface area contributed by atoms with Gasteiger partial charge in [0.25, 0.3) is 0 Å². The minimum atomic E-state index is 0.794. The van der Waals surface area contributed by atoms with Crippen LogP contribution in [0.3, 0.4) is 0 Å². The molecule has 6 nitrogen and oxygen atoms in total. The second-order valence-corrected chi connectivity index (χ2v) is 8.83. The molecule has 0 aliphatic rings. The predicted molar refractivity (Wildman–Crippen MR) is 144 cm³/mol. The highest BCUT2D eigenvalue weighted by Gasteiger charge is 2.20. The molecule has 0 aliphatic carbocycles. The summed E-state index contributed by atoms with van der Waals surface area (Å²) in [6.45, 7) is 0. The molecular weight excluding hydrogens is 444 g/mol. The van der Waals surface area contributed by atoms with Gasteiger partial charge in [-0.3, -0.25) is 14.5 Å². The summed E-state index contributed by atoms with van der Waals surface area (Å²) in [7, 11) is 0. The summed E-state index contributed by atoms with van der Waals surface area (Å²) in [5.74, 6) is 0.794. The van der Waals surface area contributed by atoms with E-state index in [-0.39, 0.29) is 0 Å². The minimum absolute atomic E-state index is 0.794. The summed E-state index contributed by atoms with van der Waals surface area (Å²) in [6, 6.07) is 33.0. The summed E-state index contributed by atoms with van der Waals surface area (Å²) < 4.78 is 4.39. The Hall–Kier alpha value is -5.10. The lowest BCUT2D eigenvalue weighted by molar-refractivity contribution is 1.08. The lowest BCUT2D eigenvalue weighted by Crippen LogP contribution is -1.99. The van der Waals surface area contributed by atoms with Gasteiger partial charge in [-0.05, 0) is 60.7 Å². The monoisotopic (exact) mass is 462 g/mol. The van der Waals surface area contributed by atoms with Crippen molar-refractivity contribution in [3.63, 3.8) is 0 Å². The van der Waals surface area contributed by atoms with E-state index in [0.29, 0.717) is 0 Å². The van der Waals surface area contributed by atoms with E-state index in [9.17, 15) is 0 Å². The number of rotatable bonds is 2. The van der Waals surface area contributed by atoms with Crippen LogP contribution in [0.4, 0.5) is 0 Å². The SMILES string of the molecule is c1ccc(-n2c3ccccc3c3nc4c(cc32)c2ncccc2n4-c2ccc3ncccc3n2)cc1. The van der Waals surface area contributed by atoms with E-state index in [4.69, 9.17) is 15.0 Å². The van der Waals surface area contributed by atoms with E-state index in [1.54, 1.807) is 6.20 Å². The van der Waals surface area contributed by atoms with Crippen molar-refractivity contribution in [1.29, 1.82) is 0 Å². The molecule has 0 fully saturated rings. The van der Waals surface area contributed by atoms with Crippen LogP contribution in [0.5, 0.6) is 0 Å². The van der Waals surface area contributed by atoms with Crippen LogP contribution in [-0.4, -0.2) is 29.1 Å². The zero-order chi connectivity index (χ0) is 23.6. The summed E-state index contributed by atoms with van der Waals surface area (Å²) in [4.78, 5) is 19.4. The van der Waals surface area contributed by atoms with Gasteiger partial charge in [-0.2, -0.15) is 0 Å². The molecule has 2 aromatic carbocycles. The molecule has 0 radical (unpaired) electrons. The van der Waals surface area contributed by atoms with Crippen molar-refractivity contribution in [3.8, 4) is 11.5 Å². The smallest absolute Gasteiger partial charge is 0.149 e. The van der Waals surface area contributed by atoms with Gasteiger partial charge in [0.15, 0.2) is 0 Å². The first kappa shape index (κ1) is 19.2. The van der Waals surface area contributed by atoms with Gasteiger partial charge < -0.3 is 4.57 Å². The zero-order valence-electron chi connectivity index (χ0n) is 19.1. The molecule has 0 amide bonds. The summed E-state index contributed by atoms with van der Waals surface area (Å²) in [5, 5.41) is 2.10. The molecule has 36 heavy (non-hydrogen) atoms. The minimum Gasteiger partial charge on any atom is -0.308 e. The van der Waals surface area contributed by atoms with Crippen molar-refractivity contribution >= 4 is 55.0 Å². The van der Waals surface area contributed by atoms with Crippen LogP contribution in [-0.2, 0) is 0 Å². The summed E-state index contributed by atoms with van der Waals surface area (Å²) in [5.41, 5.74) is 8.64. The van der Waals surface area contributed by atoms with Gasteiger partial charge >= 0.3 is 0 Å². The van der Waals surface area contributed by atoms with Crippen molar-refractivity contribution in [2.75, 3.05) is 0 Å². The predicted octanol–water partition coefficient (Wildman–Crippen LogP) is 6.61. The van der Waals surface area contributed by atoms with Crippen molar-refractivity contribution < 1.29 is 0 Å². The maximum absolute atomic E-state index is 5.29. The maximum atomic E-state index is 5.29. The fourth-order valence-corrected chi connectivity index (χ4v) is 5.26. The molecule has 0 bridgehead atoms. The fraction of sp³-hybridized carbons (Fsp3) is 0. The van der Waals surface area contributed by atoms with Gasteiger partial charge in [0.2, 0.25) is 0 Å². The molecule has 0 spiro atoms. The average molecular weight is 463 g/mol. The molecule has 168 valence electrons. The Balaban J connectivity index is 1.54. The number of nitrogens with zero attached hydrogens (tertiary/aromatic N) is 6. The third kappa shape index (κ3) is 2.61. The number of fused-ring (bicyclic) bond motifs is 7. The molecule has 0 saturated carbocycles. The van der Waals surface area contributed by atoms with Gasteiger partial charge in [-0.25, -0.2) is 9.97 Å². The van der Waals surface area contributed by atoms with Crippen molar-refractivity contribution in [2.24, 2.45) is 0 Å². The normalized spacial score (nSPS) is 11.9. The first-order chi connectivity index (χ1) is 17.9. The van der Waals surface area contributed by atoms with Crippen molar-refractivity contribution in [1.82, 2.24) is 29.1 Å². The highest BCUT2D eigenvalue weighted by molar-refractivity contribution is 6.14. The number of hydrogen-bond acceptors (Lipinski definition) is 4. The molecule has 6 heteroatoms. The summed E-state index contributed by atoms with van der Waals surface area (Å²) >= 11 is 0. The van der Waals surface area contributed by atoms with Gasteiger partial charge in [-0.15, -0.1) is 0 Å². The molecule has 0 saturated heterocycles. The van der Waals surface area contributed by atoms with Gasteiger partial charge in [0, 0.05) is 28.9 Å². The summed E-state index contributed by atoms with van der Waals surface area (Å²) in [6.07, 6.45) is 3.62. The van der Waals surface area contributed by atoms with E-state index in [2.05, 4.69) is 74.8 Å². The molecular formula is C30H18N6. The van der Waals surface area contributed by atoms with Crippen molar-refractivity contribution in [2.45, 2.75) is 0 Å². The third-order valence-corrected chi connectivity index (χ3v) is 6.80. The Morgan fingerprint density at radius 1 is 0.500 bits per heavy atom. The number of benzene rings is 2. The Labute approximate surface area is 205 Å². The van der Waals surface area contributed by atoms with Crippen LogP contribution < -0.4 is 0 Å². The van der Waals surface area contributed by atoms with E-state index in [0.717, 1.165) is 66.5 Å². The molecule has 8 rings (SSSR count). The molecule has 0 unspecified atom stereocenters. The van der Waals surface area contributed by atoms with E-state index >= 15 is 0 Å². The topological polar surface area (TPSA) is 61.4 Å². The van der Waals surface area contributed by atoms with Crippen LogP contribution >= 0.6 is 0 Å². The standard InChI is InChI=1S/C30H18N6/c1-2-8-19(9-3-1)35-24-12-5-4-10-20(24)29-26(35)18-21-28-25(13-7-17-32-28)36(30(21)34-29)27-15-14-22-23(33-27)11-6-16-31-22/h1-18H. The average Bonchev–Trinajstić information content (AvgIpc) is 3.44. The van der Waals surface area contributed by atoms with Crippen molar-refractivity contribution in [3.05, 3.63) is 109 Å². The largest absolute Gasteiger partial charge is 0.308 e. The maximum Gasteiger partial charge on any atom is 0.149 e. The lowest BCUT2D eigenvalue weighted by Gasteiger charge is -2.08. The van der Waals surface area contributed by atoms with Gasteiger partial charge in [-0.1, -0.05) is 36.4 Å². The quantitative estimate of drug-likeness (QED) is 0.290. The number of pyridine rings is 4. The molecule has 8 aromatic rings. The van der Waals surface area contributed by atoms with Gasteiger partial charge in [0.1, 0.15) is 11.5 Å².